The van der Waals surface area contributed by atoms with Crippen LogP contribution in [0, 0.1) is 12.3 Å². The highest BCUT2D eigenvalue weighted by Gasteiger charge is 2.16. The number of anilines is 1. The van der Waals surface area contributed by atoms with Crippen LogP contribution >= 0.6 is 0 Å². The fourth-order valence-corrected chi connectivity index (χ4v) is 2.23. The van der Waals surface area contributed by atoms with Crippen LogP contribution < -0.4 is 10.6 Å². The molecule has 7 heteroatoms. The van der Waals surface area contributed by atoms with E-state index in [2.05, 4.69) is 16.6 Å². The van der Waals surface area contributed by atoms with Crippen molar-refractivity contribution >= 4 is 21.7 Å². The van der Waals surface area contributed by atoms with Crippen molar-refractivity contribution in [2.45, 2.75) is 17.9 Å². The number of hydrogen-bond donors (Lipinski definition) is 2. The highest BCUT2D eigenvalue weighted by atomic mass is 32.2. The number of rotatable bonds is 4. The van der Waals surface area contributed by atoms with Crippen LogP contribution in [-0.4, -0.2) is 38.9 Å². The Hall–Kier alpha value is -2.04. The quantitative estimate of drug-likeness (QED) is 0.816. The van der Waals surface area contributed by atoms with Gasteiger partial charge in [-0.1, -0.05) is 5.92 Å². The predicted molar refractivity (Wildman–Crippen MR) is 77.8 cm³/mol. The number of carbonyl (C=O) groups is 1. The molecule has 20 heavy (non-hydrogen) atoms. The van der Waals surface area contributed by atoms with E-state index in [1.807, 2.05) is 0 Å². The second-order valence-electron chi connectivity index (χ2n) is 4.30. The fourth-order valence-electron chi connectivity index (χ4n) is 1.33. The second kappa shape index (κ2) is 6.41. The van der Waals surface area contributed by atoms with Crippen molar-refractivity contribution in [3.05, 3.63) is 24.3 Å². The van der Waals surface area contributed by atoms with Crippen molar-refractivity contribution < 1.29 is 13.2 Å². The summed E-state index contributed by atoms with van der Waals surface area (Å²) in [5.74, 6) is 2.37. The van der Waals surface area contributed by atoms with Gasteiger partial charge in [0.2, 0.25) is 10.0 Å². The Balaban J connectivity index is 2.79. The molecule has 108 valence electrons. The van der Waals surface area contributed by atoms with Gasteiger partial charge in [-0.05, 0) is 31.2 Å². The van der Waals surface area contributed by atoms with E-state index in [0.717, 1.165) is 4.31 Å². The zero-order chi connectivity index (χ0) is 15.3. The third-order valence-electron chi connectivity index (χ3n) is 2.49. The van der Waals surface area contributed by atoms with E-state index in [0.29, 0.717) is 5.69 Å². The number of benzene rings is 1. The maximum absolute atomic E-state index is 11.9. The molecule has 0 spiro atoms. The zero-order valence-corrected chi connectivity index (χ0v) is 12.4. The first-order chi connectivity index (χ1) is 9.27. The molecule has 1 aromatic carbocycles. The van der Waals surface area contributed by atoms with E-state index < -0.39 is 16.1 Å². The lowest BCUT2D eigenvalue weighted by atomic mass is 10.3. The van der Waals surface area contributed by atoms with Crippen LogP contribution in [0.25, 0.3) is 0 Å². The van der Waals surface area contributed by atoms with Gasteiger partial charge < -0.3 is 10.6 Å². The molecule has 1 unspecified atom stereocenters. The van der Waals surface area contributed by atoms with Crippen molar-refractivity contribution in [3.63, 3.8) is 0 Å². The molecular weight excluding hydrogens is 278 g/mol. The van der Waals surface area contributed by atoms with Gasteiger partial charge in [0.1, 0.15) is 0 Å². The van der Waals surface area contributed by atoms with Crippen LogP contribution in [0.5, 0.6) is 0 Å². The third kappa shape index (κ3) is 3.98. The van der Waals surface area contributed by atoms with E-state index in [1.165, 1.54) is 38.4 Å². The lowest BCUT2D eigenvalue weighted by molar-refractivity contribution is 0.251. The Morgan fingerprint density at radius 2 is 1.85 bits per heavy atom. The molecule has 0 aromatic heterocycles. The normalized spacial score (nSPS) is 12.6. The van der Waals surface area contributed by atoms with Gasteiger partial charge in [0.15, 0.2) is 0 Å². The first kappa shape index (κ1) is 16.0. The van der Waals surface area contributed by atoms with Gasteiger partial charge in [-0.15, -0.1) is 6.42 Å². The first-order valence-corrected chi connectivity index (χ1v) is 7.27. The van der Waals surface area contributed by atoms with E-state index in [9.17, 15) is 13.2 Å². The van der Waals surface area contributed by atoms with Gasteiger partial charge in [-0.25, -0.2) is 17.5 Å². The number of sulfonamides is 1. The van der Waals surface area contributed by atoms with E-state index in [4.69, 9.17) is 6.42 Å². The third-order valence-corrected chi connectivity index (χ3v) is 4.32. The van der Waals surface area contributed by atoms with E-state index in [-0.39, 0.29) is 10.9 Å². The highest BCUT2D eigenvalue weighted by Crippen LogP contribution is 2.16. The largest absolute Gasteiger partial charge is 0.325 e. The highest BCUT2D eigenvalue weighted by molar-refractivity contribution is 7.89. The van der Waals surface area contributed by atoms with E-state index in [1.54, 1.807) is 6.92 Å². The molecule has 0 heterocycles. The Kier molecular flexibility index (Phi) is 5.13. The molecule has 0 saturated carbocycles. The molecule has 0 aliphatic heterocycles. The van der Waals surface area contributed by atoms with Crippen molar-refractivity contribution in [2.24, 2.45) is 0 Å². The molecule has 2 amide bonds. The summed E-state index contributed by atoms with van der Waals surface area (Å²) in [6.07, 6.45) is 5.15. The number of terminal acetylenes is 1. The molecule has 0 radical (unpaired) electrons. The summed E-state index contributed by atoms with van der Waals surface area (Å²) >= 11 is 0. The van der Waals surface area contributed by atoms with Gasteiger partial charge in [0.25, 0.3) is 0 Å². The minimum absolute atomic E-state index is 0.158. The monoisotopic (exact) mass is 295 g/mol. The summed E-state index contributed by atoms with van der Waals surface area (Å²) in [4.78, 5) is 11.7. The van der Waals surface area contributed by atoms with Crippen molar-refractivity contribution in [3.8, 4) is 12.3 Å². The molecule has 1 rings (SSSR count). The molecule has 0 aliphatic rings. The van der Waals surface area contributed by atoms with Crippen LogP contribution in [0.2, 0.25) is 0 Å². The summed E-state index contributed by atoms with van der Waals surface area (Å²) in [5.41, 5.74) is 0.476. The topological polar surface area (TPSA) is 78.5 Å². The predicted octanol–water partition coefficient (Wildman–Crippen LogP) is 1.08. The molecule has 2 N–H and O–H groups in total. The van der Waals surface area contributed by atoms with Crippen LogP contribution in [0.4, 0.5) is 10.5 Å². The summed E-state index contributed by atoms with van der Waals surface area (Å²) < 4.78 is 24.8. The Labute approximate surface area is 119 Å². The molecule has 1 atom stereocenters. The zero-order valence-electron chi connectivity index (χ0n) is 11.5. The first-order valence-electron chi connectivity index (χ1n) is 5.83. The van der Waals surface area contributed by atoms with Crippen molar-refractivity contribution in [1.29, 1.82) is 0 Å². The number of nitrogens with zero attached hydrogens (tertiary/aromatic N) is 1. The maximum atomic E-state index is 11.9. The van der Waals surface area contributed by atoms with Gasteiger partial charge in [0.05, 0.1) is 10.9 Å². The van der Waals surface area contributed by atoms with Crippen molar-refractivity contribution in [2.75, 3.05) is 19.4 Å². The second-order valence-corrected chi connectivity index (χ2v) is 6.45. The molecule has 0 bridgehead atoms. The van der Waals surface area contributed by atoms with Gasteiger partial charge >= 0.3 is 6.03 Å². The Morgan fingerprint density at radius 1 is 1.30 bits per heavy atom. The molecule has 0 aliphatic carbocycles. The standard InChI is InChI=1S/C13H17N3O3S/c1-5-10(2)14-13(17)15-11-6-8-12(9-7-11)20(18,19)16(3)4/h1,6-10H,2-4H3,(H2,14,15,17). The Bertz CT molecular complexity index is 615. The van der Waals surface area contributed by atoms with Crippen molar-refractivity contribution in [1.82, 2.24) is 9.62 Å². The number of urea groups is 1. The average molecular weight is 295 g/mol. The molecular formula is C13H17N3O3S. The lowest BCUT2D eigenvalue weighted by Gasteiger charge is -2.12. The summed E-state index contributed by atoms with van der Waals surface area (Å²) in [7, 11) is -0.558. The van der Waals surface area contributed by atoms with Crippen LogP contribution in [0.1, 0.15) is 6.92 Å². The summed E-state index contributed by atoms with van der Waals surface area (Å²) in [5, 5.41) is 5.09. The maximum Gasteiger partial charge on any atom is 0.320 e. The molecule has 6 nitrogen and oxygen atoms in total. The smallest absolute Gasteiger partial charge is 0.320 e. The minimum Gasteiger partial charge on any atom is -0.325 e. The van der Waals surface area contributed by atoms with Crippen LogP contribution in [-0.2, 0) is 10.0 Å². The van der Waals surface area contributed by atoms with Crippen LogP contribution in [0.3, 0.4) is 0 Å². The molecule has 0 saturated heterocycles. The van der Waals surface area contributed by atoms with Gasteiger partial charge in [-0.2, -0.15) is 0 Å². The number of carbonyl (C=O) groups excluding carboxylic acids is 1. The average Bonchev–Trinajstić information content (AvgIpc) is 2.38. The van der Waals surface area contributed by atoms with Crippen LogP contribution in [0.15, 0.2) is 29.2 Å². The number of hydrogen-bond acceptors (Lipinski definition) is 3. The molecule has 1 aromatic rings. The summed E-state index contributed by atoms with van der Waals surface area (Å²) in [6, 6.07) is 5.04. The SMILES string of the molecule is C#CC(C)NC(=O)Nc1ccc(S(=O)(=O)N(C)C)cc1. The number of amides is 2. The minimum atomic E-state index is -3.47. The fraction of sp³-hybridized carbons (Fsp3) is 0.308. The number of nitrogens with one attached hydrogen (secondary N) is 2. The Morgan fingerprint density at radius 3 is 2.30 bits per heavy atom. The molecule has 0 fully saturated rings. The van der Waals surface area contributed by atoms with Gasteiger partial charge in [0, 0.05) is 19.8 Å². The summed E-state index contributed by atoms with van der Waals surface area (Å²) in [6.45, 7) is 1.67. The lowest BCUT2D eigenvalue weighted by Crippen LogP contribution is -2.35. The van der Waals surface area contributed by atoms with Gasteiger partial charge in [-0.3, -0.25) is 0 Å². The van der Waals surface area contributed by atoms with E-state index >= 15 is 0 Å².